The van der Waals surface area contributed by atoms with Gasteiger partial charge in [0.2, 0.25) is 0 Å². The number of rotatable bonds is 2. The number of nitrogens with zero attached hydrogens (tertiary/aromatic N) is 1. The van der Waals surface area contributed by atoms with Crippen LogP contribution in [-0.2, 0) is 13.1 Å². The summed E-state index contributed by atoms with van der Waals surface area (Å²) in [7, 11) is 0. The molecule has 1 aromatic rings. The largest absolute Gasteiger partial charge is 0.330 e. The fourth-order valence-electron chi connectivity index (χ4n) is 3.37. The lowest BCUT2D eigenvalue weighted by Gasteiger charge is -2.28. The predicted octanol–water partition coefficient (Wildman–Crippen LogP) is 2.13. The second-order valence-corrected chi connectivity index (χ2v) is 5.17. The zero-order valence-corrected chi connectivity index (χ0v) is 9.73. The molecule has 2 N–H and O–H groups in total. The van der Waals surface area contributed by atoms with E-state index >= 15 is 0 Å². The van der Waals surface area contributed by atoms with Crippen LogP contribution in [0.5, 0.6) is 0 Å². The summed E-state index contributed by atoms with van der Waals surface area (Å²) in [4.78, 5) is 2.63. The highest BCUT2D eigenvalue weighted by molar-refractivity contribution is 5.30. The van der Waals surface area contributed by atoms with Crippen molar-refractivity contribution in [2.45, 2.75) is 38.4 Å². The van der Waals surface area contributed by atoms with Crippen LogP contribution in [0.2, 0.25) is 0 Å². The lowest BCUT2D eigenvalue weighted by molar-refractivity contribution is 0.163. The second-order valence-electron chi connectivity index (χ2n) is 5.17. The minimum absolute atomic E-state index is 0.731. The van der Waals surface area contributed by atoms with Crippen molar-refractivity contribution in [1.29, 1.82) is 0 Å². The summed E-state index contributed by atoms with van der Waals surface area (Å²) in [5, 5.41) is 0. The Morgan fingerprint density at radius 2 is 1.81 bits per heavy atom. The number of nitrogens with two attached hydrogens (primary N) is 1. The van der Waals surface area contributed by atoms with Gasteiger partial charge in [0.05, 0.1) is 0 Å². The first-order chi connectivity index (χ1) is 7.88. The molecule has 2 atom stereocenters. The molecule has 2 nitrogen and oxygen atoms in total. The van der Waals surface area contributed by atoms with Crippen molar-refractivity contribution in [1.82, 2.24) is 4.90 Å². The van der Waals surface area contributed by atoms with E-state index in [4.69, 9.17) is 5.73 Å². The van der Waals surface area contributed by atoms with E-state index in [1.807, 2.05) is 0 Å². The first kappa shape index (κ1) is 10.3. The molecule has 1 fully saturated rings. The standard InChI is InChI=1S/C14H20N2/c15-8-11-6-3-7-14(11)16-9-12-4-1-2-5-13(12)10-16/h1-2,4-5,11,14H,3,6-10,15H2. The van der Waals surface area contributed by atoms with Crippen LogP contribution >= 0.6 is 0 Å². The van der Waals surface area contributed by atoms with Gasteiger partial charge in [0.15, 0.2) is 0 Å². The van der Waals surface area contributed by atoms with Gasteiger partial charge < -0.3 is 5.73 Å². The van der Waals surface area contributed by atoms with Crippen LogP contribution in [0.4, 0.5) is 0 Å². The van der Waals surface area contributed by atoms with Crippen LogP contribution in [0.15, 0.2) is 24.3 Å². The summed E-state index contributed by atoms with van der Waals surface area (Å²) < 4.78 is 0. The van der Waals surface area contributed by atoms with Gasteiger partial charge in [-0.05, 0) is 36.4 Å². The van der Waals surface area contributed by atoms with Gasteiger partial charge in [0, 0.05) is 19.1 Å². The third-order valence-corrected chi connectivity index (χ3v) is 4.26. The quantitative estimate of drug-likeness (QED) is 0.820. The average Bonchev–Trinajstić information content (AvgIpc) is 2.94. The zero-order valence-electron chi connectivity index (χ0n) is 9.73. The van der Waals surface area contributed by atoms with Crippen molar-refractivity contribution >= 4 is 0 Å². The molecule has 0 saturated heterocycles. The van der Waals surface area contributed by atoms with Gasteiger partial charge in [0.25, 0.3) is 0 Å². The molecular formula is C14H20N2. The predicted molar refractivity (Wildman–Crippen MR) is 65.9 cm³/mol. The van der Waals surface area contributed by atoms with Crippen molar-refractivity contribution < 1.29 is 0 Å². The Morgan fingerprint density at radius 3 is 2.44 bits per heavy atom. The molecule has 2 heteroatoms. The molecule has 2 unspecified atom stereocenters. The van der Waals surface area contributed by atoms with Gasteiger partial charge in [-0.15, -0.1) is 0 Å². The van der Waals surface area contributed by atoms with Crippen LogP contribution in [0.1, 0.15) is 30.4 Å². The van der Waals surface area contributed by atoms with Gasteiger partial charge in [-0.2, -0.15) is 0 Å². The highest BCUT2D eigenvalue weighted by atomic mass is 15.2. The van der Waals surface area contributed by atoms with E-state index in [9.17, 15) is 0 Å². The van der Waals surface area contributed by atoms with E-state index in [1.165, 1.54) is 30.4 Å². The maximum atomic E-state index is 5.87. The van der Waals surface area contributed by atoms with E-state index < -0.39 is 0 Å². The lowest BCUT2D eigenvalue weighted by Crippen LogP contribution is -2.36. The summed E-state index contributed by atoms with van der Waals surface area (Å²) in [5.41, 5.74) is 8.91. The van der Waals surface area contributed by atoms with Crippen molar-refractivity contribution in [3.8, 4) is 0 Å². The Balaban J connectivity index is 1.76. The van der Waals surface area contributed by atoms with E-state index in [0.29, 0.717) is 0 Å². The molecule has 0 radical (unpaired) electrons. The fourth-order valence-corrected chi connectivity index (χ4v) is 3.37. The van der Waals surface area contributed by atoms with Crippen LogP contribution in [-0.4, -0.2) is 17.5 Å². The molecule has 1 aliphatic heterocycles. The van der Waals surface area contributed by atoms with Crippen LogP contribution in [0.25, 0.3) is 0 Å². The number of fused-ring (bicyclic) bond motifs is 1. The van der Waals surface area contributed by atoms with E-state index in [1.54, 1.807) is 0 Å². The van der Waals surface area contributed by atoms with Crippen LogP contribution < -0.4 is 5.73 Å². The first-order valence-corrected chi connectivity index (χ1v) is 6.39. The highest BCUT2D eigenvalue weighted by Gasteiger charge is 2.33. The molecule has 1 aromatic carbocycles. The molecule has 0 amide bonds. The summed E-state index contributed by atoms with van der Waals surface area (Å²) in [6.45, 7) is 3.13. The molecule has 86 valence electrons. The van der Waals surface area contributed by atoms with E-state index in [2.05, 4.69) is 29.2 Å². The Kier molecular flexibility index (Phi) is 2.70. The van der Waals surface area contributed by atoms with Gasteiger partial charge in [-0.3, -0.25) is 4.90 Å². The Hall–Kier alpha value is -0.860. The van der Waals surface area contributed by atoms with Gasteiger partial charge in [0.1, 0.15) is 0 Å². The number of benzene rings is 1. The third kappa shape index (κ3) is 1.66. The summed E-state index contributed by atoms with van der Waals surface area (Å²) >= 11 is 0. The Morgan fingerprint density at radius 1 is 1.12 bits per heavy atom. The molecular weight excluding hydrogens is 196 g/mol. The molecule has 16 heavy (non-hydrogen) atoms. The molecule has 3 rings (SSSR count). The first-order valence-electron chi connectivity index (χ1n) is 6.39. The third-order valence-electron chi connectivity index (χ3n) is 4.26. The highest BCUT2D eigenvalue weighted by Crippen LogP contribution is 2.34. The van der Waals surface area contributed by atoms with Crippen LogP contribution in [0.3, 0.4) is 0 Å². The van der Waals surface area contributed by atoms with Crippen molar-refractivity contribution in [3.63, 3.8) is 0 Å². The average molecular weight is 216 g/mol. The van der Waals surface area contributed by atoms with Crippen molar-refractivity contribution in [3.05, 3.63) is 35.4 Å². The number of hydrogen-bond acceptors (Lipinski definition) is 2. The molecule has 0 spiro atoms. The molecule has 1 heterocycles. The van der Waals surface area contributed by atoms with Crippen molar-refractivity contribution in [2.24, 2.45) is 11.7 Å². The second kappa shape index (κ2) is 4.19. The zero-order chi connectivity index (χ0) is 11.0. The van der Waals surface area contributed by atoms with Gasteiger partial charge in [-0.1, -0.05) is 30.7 Å². The van der Waals surface area contributed by atoms with Crippen molar-refractivity contribution in [2.75, 3.05) is 6.54 Å². The monoisotopic (exact) mass is 216 g/mol. The fraction of sp³-hybridized carbons (Fsp3) is 0.571. The lowest BCUT2D eigenvalue weighted by atomic mass is 10.0. The smallest absolute Gasteiger partial charge is 0.0243 e. The molecule has 0 bridgehead atoms. The molecule has 1 saturated carbocycles. The summed E-state index contributed by atoms with van der Waals surface area (Å²) in [6.07, 6.45) is 4.03. The van der Waals surface area contributed by atoms with E-state index in [-0.39, 0.29) is 0 Å². The minimum Gasteiger partial charge on any atom is -0.330 e. The Labute approximate surface area is 97.4 Å². The maximum absolute atomic E-state index is 5.87. The normalized spacial score (nSPS) is 29.6. The molecule has 1 aliphatic carbocycles. The maximum Gasteiger partial charge on any atom is 0.0243 e. The van der Waals surface area contributed by atoms with Gasteiger partial charge >= 0.3 is 0 Å². The van der Waals surface area contributed by atoms with Crippen LogP contribution in [0, 0.1) is 5.92 Å². The topological polar surface area (TPSA) is 29.3 Å². The Bertz CT molecular complexity index is 350. The summed E-state index contributed by atoms with van der Waals surface area (Å²) in [6, 6.07) is 9.57. The van der Waals surface area contributed by atoms with E-state index in [0.717, 1.165) is 31.6 Å². The summed E-state index contributed by atoms with van der Waals surface area (Å²) in [5.74, 6) is 0.731. The van der Waals surface area contributed by atoms with Gasteiger partial charge in [-0.25, -0.2) is 0 Å². The molecule has 2 aliphatic rings. The molecule has 0 aromatic heterocycles. The minimum atomic E-state index is 0.731. The number of hydrogen-bond donors (Lipinski definition) is 1. The SMILES string of the molecule is NCC1CCCC1N1Cc2ccccc2C1.